The first-order valence-electron chi connectivity index (χ1n) is 8.64. The Morgan fingerprint density at radius 1 is 1.32 bits per heavy atom. The van der Waals surface area contributed by atoms with Crippen molar-refractivity contribution in [3.8, 4) is 0 Å². The molecule has 0 aromatic heterocycles. The van der Waals surface area contributed by atoms with Crippen LogP contribution < -0.4 is 4.72 Å². The maximum Gasteiger partial charge on any atom is 0.410 e. The van der Waals surface area contributed by atoms with Gasteiger partial charge in [0.1, 0.15) is 5.60 Å². The van der Waals surface area contributed by atoms with E-state index in [0.29, 0.717) is 0 Å². The molecule has 2 N–H and O–H groups in total. The van der Waals surface area contributed by atoms with Crippen molar-refractivity contribution in [2.45, 2.75) is 57.2 Å². The molecule has 1 aromatic carbocycles. The van der Waals surface area contributed by atoms with Crippen molar-refractivity contribution in [1.29, 1.82) is 0 Å². The first-order valence-corrected chi connectivity index (χ1v) is 10.1. The van der Waals surface area contributed by atoms with Crippen LogP contribution in [0.3, 0.4) is 0 Å². The summed E-state index contributed by atoms with van der Waals surface area (Å²) in [6.45, 7) is 7.72. The second-order valence-corrected chi connectivity index (χ2v) is 9.09. The third kappa shape index (κ3) is 6.73. The van der Waals surface area contributed by atoms with Gasteiger partial charge >= 0.3 is 6.09 Å². The van der Waals surface area contributed by atoms with Crippen LogP contribution >= 0.6 is 0 Å². The van der Waals surface area contributed by atoms with E-state index in [1.807, 2.05) is 0 Å². The average Bonchev–Trinajstić information content (AvgIpc) is 2.57. The van der Waals surface area contributed by atoms with Crippen molar-refractivity contribution < 1.29 is 28.0 Å². The Labute approximate surface area is 164 Å². The number of nitro groups is 1. The zero-order valence-electron chi connectivity index (χ0n) is 16.6. The fraction of sp³-hybridized carbons (Fsp3) is 0.588. The topological polar surface area (TPSA) is 139 Å². The number of hydrogen-bond donors (Lipinski definition) is 2. The quantitative estimate of drug-likeness (QED) is 0.486. The summed E-state index contributed by atoms with van der Waals surface area (Å²) in [5.41, 5.74) is -1.31. The van der Waals surface area contributed by atoms with Crippen LogP contribution in [0.1, 0.15) is 34.6 Å². The van der Waals surface area contributed by atoms with Gasteiger partial charge in [0.05, 0.1) is 17.6 Å². The normalized spacial score (nSPS) is 14.2. The molecule has 0 aliphatic rings. The van der Waals surface area contributed by atoms with Gasteiger partial charge in [-0.15, -0.1) is 0 Å². The molecule has 1 amide bonds. The SMILES string of the molecule is C[C@H](CN(C(=O)OC(C)(C)C)[C@@H](C)CO)NS(=O)(=O)c1ccccc1[N+](=O)[O-]. The van der Waals surface area contributed by atoms with E-state index >= 15 is 0 Å². The molecule has 0 heterocycles. The number of aliphatic hydroxyl groups is 1. The number of carbonyl (C=O) groups excluding carboxylic acids is 1. The number of aliphatic hydroxyl groups excluding tert-OH is 1. The van der Waals surface area contributed by atoms with E-state index in [1.54, 1.807) is 27.7 Å². The van der Waals surface area contributed by atoms with E-state index in [4.69, 9.17) is 4.74 Å². The Bertz CT molecular complexity index is 805. The summed E-state index contributed by atoms with van der Waals surface area (Å²) < 4.78 is 32.8. The summed E-state index contributed by atoms with van der Waals surface area (Å²) in [6, 6.07) is 3.56. The lowest BCUT2D eigenvalue weighted by molar-refractivity contribution is -0.387. The third-order valence-corrected chi connectivity index (χ3v) is 5.24. The molecule has 0 unspecified atom stereocenters. The highest BCUT2D eigenvalue weighted by atomic mass is 32.2. The standard InChI is InChI=1S/C17H27N3O7S/c1-12(10-19(13(2)11-21)16(22)27-17(3,4)5)18-28(25,26)15-9-7-6-8-14(15)20(23)24/h6-9,12-13,18,21H,10-11H2,1-5H3/t12-,13+/m1/s1. The molecule has 1 rings (SSSR count). The van der Waals surface area contributed by atoms with Crippen LogP contribution in [0, 0.1) is 10.1 Å². The Balaban J connectivity index is 3.02. The number of amides is 1. The van der Waals surface area contributed by atoms with Crippen LogP contribution in [-0.2, 0) is 14.8 Å². The van der Waals surface area contributed by atoms with Crippen molar-refractivity contribution in [2.24, 2.45) is 0 Å². The summed E-state index contributed by atoms with van der Waals surface area (Å²) in [4.78, 5) is 23.5. The van der Waals surface area contributed by atoms with Gasteiger partial charge in [0.2, 0.25) is 10.0 Å². The zero-order chi connectivity index (χ0) is 21.7. The minimum atomic E-state index is -4.21. The molecule has 1 aromatic rings. The number of ether oxygens (including phenoxy) is 1. The minimum Gasteiger partial charge on any atom is -0.444 e. The molecule has 28 heavy (non-hydrogen) atoms. The fourth-order valence-corrected chi connectivity index (χ4v) is 3.76. The molecule has 0 fully saturated rings. The monoisotopic (exact) mass is 417 g/mol. The van der Waals surface area contributed by atoms with Gasteiger partial charge in [-0.25, -0.2) is 17.9 Å². The first kappa shape index (κ1) is 23.8. The van der Waals surface area contributed by atoms with Crippen LogP contribution in [0.25, 0.3) is 0 Å². The molecule has 158 valence electrons. The smallest absolute Gasteiger partial charge is 0.410 e. The van der Waals surface area contributed by atoms with Gasteiger partial charge in [0.25, 0.3) is 5.69 Å². The number of carbonyl (C=O) groups is 1. The van der Waals surface area contributed by atoms with Crippen LogP contribution in [0.4, 0.5) is 10.5 Å². The molecule has 0 aliphatic heterocycles. The number of nitrogens with zero attached hydrogens (tertiary/aromatic N) is 2. The number of nitro benzene ring substituents is 1. The highest BCUT2D eigenvalue weighted by Gasteiger charge is 2.30. The van der Waals surface area contributed by atoms with E-state index in [1.165, 1.54) is 24.0 Å². The van der Waals surface area contributed by atoms with E-state index in [2.05, 4.69) is 4.72 Å². The molecule has 0 saturated heterocycles. The lowest BCUT2D eigenvalue weighted by Gasteiger charge is -2.32. The number of hydrogen-bond acceptors (Lipinski definition) is 7. The molecule has 0 bridgehead atoms. The van der Waals surface area contributed by atoms with Gasteiger partial charge in [-0.1, -0.05) is 12.1 Å². The Morgan fingerprint density at radius 3 is 2.39 bits per heavy atom. The number of para-hydroxylation sites is 1. The predicted octanol–water partition coefficient (Wildman–Crippen LogP) is 1.88. The maximum absolute atomic E-state index is 12.6. The van der Waals surface area contributed by atoms with Gasteiger partial charge in [-0.2, -0.15) is 0 Å². The van der Waals surface area contributed by atoms with Crippen LogP contribution in [0.15, 0.2) is 29.2 Å². The molecule has 2 atom stereocenters. The van der Waals surface area contributed by atoms with Crippen molar-refractivity contribution >= 4 is 21.8 Å². The van der Waals surface area contributed by atoms with Crippen molar-refractivity contribution in [3.05, 3.63) is 34.4 Å². The van der Waals surface area contributed by atoms with Crippen LogP contribution in [0.2, 0.25) is 0 Å². The Kier molecular flexibility index (Phi) is 7.91. The van der Waals surface area contributed by atoms with Crippen molar-refractivity contribution in [3.63, 3.8) is 0 Å². The van der Waals surface area contributed by atoms with Crippen molar-refractivity contribution in [1.82, 2.24) is 9.62 Å². The van der Waals surface area contributed by atoms with E-state index in [9.17, 15) is 28.4 Å². The summed E-state index contributed by atoms with van der Waals surface area (Å²) in [5.74, 6) is 0. The summed E-state index contributed by atoms with van der Waals surface area (Å²) >= 11 is 0. The number of nitrogens with one attached hydrogen (secondary N) is 1. The molecule has 0 spiro atoms. The molecule has 10 nitrogen and oxygen atoms in total. The molecular weight excluding hydrogens is 390 g/mol. The molecule has 0 aliphatic carbocycles. The molecule has 0 radical (unpaired) electrons. The summed E-state index contributed by atoms with van der Waals surface area (Å²) in [6.07, 6.45) is -0.703. The van der Waals surface area contributed by atoms with Gasteiger partial charge in [-0.3, -0.25) is 10.1 Å². The van der Waals surface area contributed by atoms with E-state index in [0.717, 1.165) is 12.1 Å². The number of sulfonamides is 1. The summed E-state index contributed by atoms with van der Waals surface area (Å²) in [5, 5.41) is 20.5. The minimum absolute atomic E-state index is 0.101. The lowest BCUT2D eigenvalue weighted by atomic mass is 10.2. The van der Waals surface area contributed by atoms with Gasteiger partial charge in [0.15, 0.2) is 4.90 Å². The second-order valence-electron chi connectivity index (χ2n) is 7.41. The molecule has 0 saturated carbocycles. The first-order chi connectivity index (χ1) is 12.8. The van der Waals surface area contributed by atoms with Gasteiger partial charge < -0.3 is 14.7 Å². The highest BCUT2D eigenvalue weighted by Crippen LogP contribution is 2.23. The third-order valence-electron chi connectivity index (χ3n) is 3.60. The van der Waals surface area contributed by atoms with Crippen LogP contribution in [0.5, 0.6) is 0 Å². The second kappa shape index (κ2) is 9.30. The van der Waals surface area contributed by atoms with Gasteiger partial charge in [0, 0.05) is 18.7 Å². The average molecular weight is 417 g/mol. The molecular formula is C17H27N3O7S. The highest BCUT2D eigenvalue weighted by molar-refractivity contribution is 7.89. The Morgan fingerprint density at radius 2 is 1.89 bits per heavy atom. The van der Waals surface area contributed by atoms with Crippen molar-refractivity contribution in [2.75, 3.05) is 13.2 Å². The molecule has 11 heteroatoms. The lowest BCUT2D eigenvalue weighted by Crippen LogP contribution is -2.50. The van der Waals surface area contributed by atoms with Crippen LogP contribution in [-0.4, -0.2) is 60.3 Å². The zero-order valence-corrected chi connectivity index (χ0v) is 17.4. The Hall–Kier alpha value is -2.24. The number of benzene rings is 1. The fourth-order valence-electron chi connectivity index (χ4n) is 2.35. The van der Waals surface area contributed by atoms with E-state index in [-0.39, 0.29) is 13.2 Å². The number of rotatable bonds is 8. The van der Waals surface area contributed by atoms with Gasteiger partial charge in [-0.05, 0) is 40.7 Å². The largest absolute Gasteiger partial charge is 0.444 e. The van der Waals surface area contributed by atoms with E-state index < -0.39 is 49.3 Å². The summed E-state index contributed by atoms with van der Waals surface area (Å²) in [7, 11) is -4.21. The predicted molar refractivity (Wildman–Crippen MR) is 102 cm³/mol. The maximum atomic E-state index is 12.6.